The topological polar surface area (TPSA) is 56.2 Å². The van der Waals surface area contributed by atoms with Gasteiger partial charge in [0, 0.05) is 30.7 Å². The van der Waals surface area contributed by atoms with Crippen molar-refractivity contribution in [2.24, 2.45) is 0 Å². The predicted molar refractivity (Wildman–Crippen MR) is 109 cm³/mol. The van der Waals surface area contributed by atoms with Gasteiger partial charge in [-0.15, -0.1) is 0 Å². The zero-order chi connectivity index (χ0) is 19.1. The number of nitrogens with one attached hydrogen (secondary N) is 1. The van der Waals surface area contributed by atoms with Gasteiger partial charge in [-0.2, -0.15) is 0 Å². The number of benzene rings is 2. The maximum absolute atomic E-state index is 13.1. The van der Waals surface area contributed by atoms with Crippen LogP contribution in [-0.4, -0.2) is 22.6 Å². The summed E-state index contributed by atoms with van der Waals surface area (Å²) in [6.07, 6.45) is 4.74. The third kappa shape index (κ3) is 4.92. The molecule has 1 atom stereocenters. The summed E-state index contributed by atoms with van der Waals surface area (Å²) in [6.45, 7) is 3.00. The lowest BCUT2D eigenvalue weighted by molar-refractivity contribution is -0.115. The Hall–Kier alpha value is -2.73. The normalized spacial score (nSPS) is 11.8. The predicted octanol–water partition coefficient (Wildman–Crippen LogP) is 4.77. The van der Waals surface area contributed by atoms with E-state index in [1.54, 1.807) is 13.3 Å². The van der Waals surface area contributed by atoms with Crippen LogP contribution in [0, 0.1) is 0 Å². The Balaban J connectivity index is 1.85. The quantitative estimate of drug-likeness (QED) is 0.571. The van der Waals surface area contributed by atoms with Crippen molar-refractivity contribution >= 4 is 23.4 Å². The van der Waals surface area contributed by atoms with Crippen molar-refractivity contribution in [2.75, 3.05) is 12.4 Å². The highest BCUT2D eigenvalue weighted by atomic mass is 32.2. The number of carbonyl (C=O) groups is 1. The summed E-state index contributed by atoms with van der Waals surface area (Å²) >= 11 is 1.46. The average molecular weight is 382 g/mol. The molecule has 1 N–H and O–H groups in total. The number of ether oxygens (including phenoxy) is 1. The maximum Gasteiger partial charge on any atom is 0.242 e. The Morgan fingerprint density at radius 2 is 2.04 bits per heavy atom. The smallest absolute Gasteiger partial charge is 0.242 e. The highest BCUT2D eigenvalue weighted by molar-refractivity contribution is 8.00. The number of hydrogen-bond donors (Lipinski definition) is 1. The van der Waals surface area contributed by atoms with E-state index in [1.165, 1.54) is 11.8 Å². The minimum atomic E-state index is -0.407. The Labute approximate surface area is 163 Å². The fraction of sp³-hybridized carbons (Fsp3) is 0.238. The van der Waals surface area contributed by atoms with Gasteiger partial charge in [-0.1, -0.05) is 55.1 Å². The number of rotatable bonds is 8. The van der Waals surface area contributed by atoms with Gasteiger partial charge in [-0.05, 0) is 24.1 Å². The molecule has 3 aromatic rings. The molecular weight excluding hydrogens is 358 g/mol. The van der Waals surface area contributed by atoms with Gasteiger partial charge in [0.15, 0.2) is 5.16 Å². The summed E-state index contributed by atoms with van der Waals surface area (Å²) in [7, 11) is 1.61. The molecule has 1 aromatic heterocycles. The largest absolute Gasteiger partial charge is 0.497 e. The molecular formula is C21H23N3O2S. The van der Waals surface area contributed by atoms with Crippen LogP contribution in [0.2, 0.25) is 0 Å². The third-order valence-electron chi connectivity index (χ3n) is 4.04. The molecule has 5 nitrogen and oxygen atoms in total. The standard InChI is InChI=1S/C21H23N3O2S/c1-3-13-24-14-12-22-21(24)27-19(16-8-5-4-6-9-16)20(25)23-17-10-7-11-18(15-17)26-2/h4-12,14-15,19H,3,13H2,1-2H3,(H,23,25). The fourth-order valence-corrected chi connectivity index (χ4v) is 3.82. The Morgan fingerprint density at radius 3 is 2.78 bits per heavy atom. The highest BCUT2D eigenvalue weighted by Crippen LogP contribution is 2.35. The number of aryl methyl sites for hydroxylation is 1. The minimum Gasteiger partial charge on any atom is -0.497 e. The molecule has 2 aromatic carbocycles. The molecule has 1 amide bonds. The number of nitrogens with zero attached hydrogens (tertiary/aromatic N) is 2. The van der Waals surface area contributed by atoms with Crippen LogP contribution in [0.3, 0.4) is 0 Å². The Morgan fingerprint density at radius 1 is 1.22 bits per heavy atom. The van der Waals surface area contributed by atoms with Crippen LogP contribution in [0.15, 0.2) is 72.1 Å². The van der Waals surface area contributed by atoms with Gasteiger partial charge in [0.25, 0.3) is 0 Å². The van der Waals surface area contributed by atoms with Crippen molar-refractivity contribution in [3.63, 3.8) is 0 Å². The summed E-state index contributed by atoms with van der Waals surface area (Å²) < 4.78 is 7.32. The number of hydrogen-bond acceptors (Lipinski definition) is 4. The van der Waals surface area contributed by atoms with Gasteiger partial charge in [0.2, 0.25) is 5.91 Å². The molecule has 0 radical (unpaired) electrons. The summed E-state index contributed by atoms with van der Waals surface area (Å²) in [6, 6.07) is 17.1. The van der Waals surface area contributed by atoms with E-state index in [2.05, 4.69) is 21.8 Å². The van der Waals surface area contributed by atoms with Crippen molar-refractivity contribution in [1.82, 2.24) is 9.55 Å². The summed E-state index contributed by atoms with van der Waals surface area (Å²) in [5.74, 6) is 0.612. The molecule has 0 aliphatic heterocycles. The van der Waals surface area contributed by atoms with Crippen LogP contribution in [0.1, 0.15) is 24.2 Å². The molecule has 1 unspecified atom stereocenters. The second-order valence-electron chi connectivity index (χ2n) is 6.03. The minimum absolute atomic E-state index is 0.0921. The second-order valence-corrected chi connectivity index (χ2v) is 7.11. The molecule has 140 valence electrons. The number of carbonyl (C=O) groups excluding carboxylic acids is 1. The molecule has 0 aliphatic rings. The van der Waals surface area contributed by atoms with E-state index in [9.17, 15) is 4.79 Å². The van der Waals surface area contributed by atoms with Crippen molar-refractivity contribution in [1.29, 1.82) is 0 Å². The highest BCUT2D eigenvalue weighted by Gasteiger charge is 2.24. The average Bonchev–Trinajstić information content (AvgIpc) is 3.14. The lowest BCUT2D eigenvalue weighted by Crippen LogP contribution is -2.19. The first-order valence-corrected chi connectivity index (χ1v) is 9.77. The van der Waals surface area contributed by atoms with Crippen LogP contribution in [0.25, 0.3) is 0 Å². The first-order chi connectivity index (χ1) is 13.2. The van der Waals surface area contributed by atoms with Gasteiger partial charge in [0.05, 0.1) is 7.11 Å². The molecule has 3 rings (SSSR count). The van der Waals surface area contributed by atoms with Crippen LogP contribution >= 0.6 is 11.8 Å². The molecule has 0 fully saturated rings. The van der Waals surface area contributed by atoms with Crippen LogP contribution < -0.4 is 10.1 Å². The van der Waals surface area contributed by atoms with Gasteiger partial charge < -0.3 is 14.6 Å². The first kappa shape index (κ1) is 19.0. The summed E-state index contributed by atoms with van der Waals surface area (Å²) in [4.78, 5) is 17.5. The second kappa shape index (κ2) is 9.28. The van der Waals surface area contributed by atoms with Gasteiger partial charge >= 0.3 is 0 Å². The van der Waals surface area contributed by atoms with E-state index < -0.39 is 5.25 Å². The van der Waals surface area contributed by atoms with E-state index in [1.807, 2.05) is 60.8 Å². The Bertz CT molecular complexity index is 880. The third-order valence-corrected chi connectivity index (χ3v) is 5.32. The molecule has 0 saturated heterocycles. The van der Waals surface area contributed by atoms with E-state index in [-0.39, 0.29) is 5.91 Å². The first-order valence-electron chi connectivity index (χ1n) is 8.89. The maximum atomic E-state index is 13.1. The van der Waals surface area contributed by atoms with Gasteiger partial charge in [-0.25, -0.2) is 4.98 Å². The van der Waals surface area contributed by atoms with E-state index in [4.69, 9.17) is 4.74 Å². The van der Waals surface area contributed by atoms with Crippen molar-refractivity contribution in [2.45, 2.75) is 30.3 Å². The number of imidazole rings is 1. The van der Waals surface area contributed by atoms with Crippen molar-refractivity contribution in [3.8, 4) is 5.75 Å². The van der Waals surface area contributed by atoms with Crippen LogP contribution in [0.4, 0.5) is 5.69 Å². The SMILES string of the molecule is CCCn1ccnc1SC(C(=O)Nc1cccc(OC)c1)c1ccccc1. The molecule has 0 bridgehead atoms. The van der Waals surface area contributed by atoms with Gasteiger partial charge in [-0.3, -0.25) is 4.79 Å². The van der Waals surface area contributed by atoms with Crippen molar-refractivity contribution < 1.29 is 9.53 Å². The van der Waals surface area contributed by atoms with E-state index >= 15 is 0 Å². The van der Waals surface area contributed by atoms with Crippen LogP contribution in [0.5, 0.6) is 5.75 Å². The molecule has 1 heterocycles. The van der Waals surface area contributed by atoms with E-state index in [0.717, 1.165) is 23.7 Å². The van der Waals surface area contributed by atoms with Crippen molar-refractivity contribution in [3.05, 3.63) is 72.6 Å². The monoisotopic (exact) mass is 381 g/mol. The summed E-state index contributed by atoms with van der Waals surface area (Å²) in [5.41, 5.74) is 1.65. The Kier molecular flexibility index (Phi) is 6.54. The number of amides is 1. The lowest BCUT2D eigenvalue weighted by Gasteiger charge is -2.17. The molecule has 27 heavy (non-hydrogen) atoms. The number of methoxy groups -OCH3 is 1. The van der Waals surface area contributed by atoms with Crippen LogP contribution in [-0.2, 0) is 11.3 Å². The zero-order valence-electron chi connectivity index (χ0n) is 15.5. The zero-order valence-corrected chi connectivity index (χ0v) is 16.3. The van der Waals surface area contributed by atoms with Gasteiger partial charge in [0.1, 0.15) is 11.0 Å². The summed E-state index contributed by atoms with van der Waals surface area (Å²) in [5, 5.41) is 3.43. The number of aromatic nitrogens is 2. The molecule has 6 heteroatoms. The fourth-order valence-electron chi connectivity index (χ4n) is 2.74. The van der Waals surface area contributed by atoms with E-state index in [0.29, 0.717) is 11.4 Å². The lowest BCUT2D eigenvalue weighted by atomic mass is 10.1. The number of thioether (sulfide) groups is 1. The number of anilines is 1. The molecule has 0 spiro atoms. The molecule has 0 saturated carbocycles. The molecule has 0 aliphatic carbocycles.